The minimum atomic E-state index is -4.08. The number of H-pyrrole nitrogens is 4. The standard InChI is InChI=1S/C23H23ClN6O5S2.C23H20ClN5O5S2.C22H20ClN5O5S2.C20H15BrClN5O5S2/c1-29(2)12-11-25-15-5-8-17-18(13-15)27-23(33)30(21(17)31)16-6-3-14(4-7-16)26-22(32)28-37(34,35)20-10-9-19(24)36-20;24-19-9-10-20(35-19)36(33,34)28-22(31)26-14-3-6-16(7-4-14)29-21(30)17-8-5-15(25-12-13-1-2-13)11-18(17)27-23(29)32;1-2-11-24-14-5-8-16-17(12-14)26-22(31)28(20(16)29)15-6-3-13(4-7-15)25-21(30)27-35(32,33)19-10-9-18(23)34-19;1-23-15-9-14-12(8-13(15)21)18(28)27(20(30)25-14)11-4-2-10(3-5-11)24-19(29)26-34(31,32)17-7-6-16(22)33-17/h3-10,13,25H,11-12H2,1-2H3,(H,27,33)(H2,26,28,32);3-11,13,25H,1-2,12H2,(H,27,32)(H2,26,28,31);3-10,12,24H,2,11H2,1H3,(H,26,31)(H2,25,27,30);2-9,23H,1H3,(H,25,30)(H2,24,26,29). The lowest BCUT2D eigenvalue weighted by atomic mass is 10.2. The number of halogens is 5. The Morgan fingerprint density at radius 2 is 0.634 bits per heavy atom. The molecule has 1 aliphatic carbocycles. The average Bonchev–Trinajstić information content (AvgIpc) is 1.12. The van der Waals surface area contributed by atoms with Crippen molar-refractivity contribution < 1.29 is 52.8 Å². The van der Waals surface area contributed by atoms with Crippen LogP contribution in [0.2, 0.25) is 17.3 Å². The van der Waals surface area contributed by atoms with Gasteiger partial charge in [0.25, 0.3) is 62.3 Å². The summed E-state index contributed by atoms with van der Waals surface area (Å²) in [6, 6.07) is 48.8. The molecular weight excluding hydrogens is 2150 g/mol. The molecule has 0 atom stereocenters. The lowest BCUT2D eigenvalue weighted by molar-refractivity contribution is 0.255. The number of aromatic nitrogens is 8. The first-order valence-corrected chi connectivity index (χ1v) is 53.2. The van der Waals surface area contributed by atoms with Crippen LogP contribution < -0.4 is 106 Å². The van der Waals surface area contributed by atoms with E-state index in [9.17, 15) is 91.2 Å². The highest BCUT2D eigenvalue weighted by Gasteiger charge is 2.27. The number of amides is 8. The normalized spacial score (nSPS) is 12.0. The minimum Gasteiger partial charge on any atom is -0.387 e. The topological polar surface area (TPSA) is 572 Å². The Morgan fingerprint density at radius 1 is 0.366 bits per heavy atom. The van der Waals surface area contributed by atoms with Gasteiger partial charge in [-0.2, -0.15) is 0 Å². The Kier molecular flexibility index (Phi) is 32.5. The molecule has 0 saturated heterocycles. The summed E-state index contributed by atoms with van der Waals surface area (Å²) in [6.45, 7) is 5.18. The van der Waals surface area contributed by atoms with Crippen molar-refractivity contribution in [2.24, 2.45) is 5.92 Å². The number of aromatic amines is 4. The van der Waals surface area contributed by atoms with Gasteiger partial charge < -0.3 is 67.4 Å². The molecule has 0 bridgehead atoms. The maximum absolute atomic E-state index is 13.1. The van der Waals surface area contributed by atoms with E-state index in [2.05, 4.69) is 78.4 Å². The summed E-state index contributed by atoms with van der Waals surface area (Å²) in [6.07, 6.45) is 3.36. The maximum atomic E-state index is 13.1. The van der Waals surface area contributed by atoms with E-state index in [0.29, 0.717) is 66.2 Å². The SMILES string of the molecule is CCCNc1ccc2c(=O)n(-c3ccc(NC(=O)NS(=O)(=O)c4ccc(Cl)s4)cc3)c(=O)[nH]c2c1.CN(C)CCNc1ccc2c(=O)n(-c3ccc(NC(=O)NS(=O)(=O)c4ccc(Cl)s4)cc3)c(=O)[nH]c2c1.CNc1cc2[nH]c(=O)n(-c3ccc(NC(=O)NS(=O)(=O)c4ccc(Cl)s4)cc3)c(=O)c2cc1Br.O=C(Nc1ccc(-n2c(=O)[nH]c3cc(NCC4CC4)ccc3c2=O)cc1)NS(=O)(=O)c1ccc(Cl)s1. The zero-order chi connectivity index (χ0) is 102. The first-order chi connectivity index (χ1) is 67.5. The number of fused-ring (bicyclic) bond motifs is 4. The van der Waals surface area contributed by atoms with Crippen molar-refractivity contribution >= 4 is 261 Å². The summed E-state index contributed by atoms with van der Waals surface area (Å²) < 4.78 is 111. The second-order valence-electron chi connectivity index (χ2n) is 30.8. The Balaban J connectivity index is 0.000000150. The van der Waals surface area contributed by atoms with Gasteiger partial charge in [0.15, 0.2) is 0 Å². The molecule has 142 heavy (non-hydrogen) atoms. The van der Waals surface area contributed by atoms with Gasteiger partial charge in [-0.1, -0.05) is 53.3 Å². The fraction of sp³-hybridized carbons (Fsp3) is 0.136. The number of thiophene rings is 4. The van der Waals surface area contributed by atoms with Gasteiger partial charge in [0, 0.05) is 77.5 Å². The molecular formula is C88H78BrCl4N21O20S8. The van der Waals surface area contributed by atoms with Crippen LogP contribution in [0.5, 0.6) is 0 Å². The van der Waals surface area contributed by atoms with Crippen molar-refractivity contribution in [3.8, 4) is 22.7 Å². The van der Waals surface area contributed by atoms with Gasteiger partial charge in [0.05, 0.1) is 89.4 Å². The molecule has 1 aliphatic rings. The van der Waals surface area contributed by atoms with Gasteiger partial charge in [0.2, 0.25) is 0 Å². The molecule has 0 aliphatic heterocycles. The Bertz CT molecular complexity index is 8630. The molecule has 0 unspecified atom stereocenters. The number of urea groups is 4. The number of sulfonamides is 4. The van der Waals surface area contributed by atoms with E-state index in [0.717, 1.165) is 107 Å². The zero-order valence-corrected chi connectivity index (χ0v) is 84.9. The summed E-state index contributed by atoms with van der Waals surface area (Å²) >= 11 is 29.7. The van der Waals surface area contributed by atoms with E-state index in [1.807, 2.05) is 44.8 Å². The fourth-order valence-electron chi connectivity index (χ4n) is 13.5. The van der Waals surface area contributed by atoms with Crippen molar-refractivity contribution in [2.45, 2.75) is 43.0 Å². The highest BCUT2D eigenvalue weighted by Crippen LogP contribution is 2.33. The van der Waals surface area contributed by atoms with E-state index < -0.39 is 109 Å². The predicted octanol–water partition coefficient (Wildman–Crippen LogP) is 14.0. The second kappa shape index (κ2) is 44.4. The van der Waals surface area contributed by atoms with Gasteiger partial charge in [-0.25, -0.2) is 109 Å². The summed E-state index contributed by atoms with van der Waals surface area (Å²) in [7, 11) is -10.7. The molecule has 54 heteroatoms. The summed E-state index contributed by atoms with van der Waals surface area (Å²) in [5, 5.41) is 23.6. The molecule has 1 fully saturated rings. The first-order valence-electron chi connectivity index (χ1n) is 41.7. The summed E-state index contributed by atoms with van der Waals surface area (Å²) in [5.74, 6) is 0.681. The van der Waals surface area contributed by atoms with Gasteiger partial charge in [-0.3, -0.25) is 19.2 Å². The number of carbonyl (C=O) groups is 4. The summed E-state index contributed by atoms with van der Waals surface area (Å²) in [4.78, 5) is 165. The first kappa shape index (κ1) is 104. The highest BCUT2D eigenvalue weighted by molar-refractivity contribution is 9.10. The maximum Gasteiger partial charge on any atom is 0.333 e. The minimum absolute atomic E-state index is 0.0984. The van der Waals surface area contributed by atoms with Gasteiger partial charge in [-0.15, -0.1) is 45.3 Å². The molecule has 17 rings (SSSR count). The molecule has 0 spiro atoms. The van der Waals surface area contributed by atoms with E-state index in [-0.39, 0.29) is 79.7 Å². The Hall–Kier alpha value is -14.0. The fourth-order valence-corrected chi connectivity index (χ4v) is 23.6. The van der Waals surface area contributed by atoms with Crippen molar-refractivity contribution in [3.63, 3.8) is 0 Å². The third kappa shape index (κ3) is 25.7. The third-order valence-corrected chi connectivity index (χ3v) is 33.3. The van der Waals surface area contributed by atoms with Gasteiger partial charge in [-0.05, 0) is 268 Å². The highest BCUT2D eigenvalue weighted by atomic mass is 79.9. The summed E-state index contributed by atoms with van der Waals surface area (Å²) in [5.41, 5.74) is 2.35. The van der Waals surface area contributed by atoms with Gasteiger partial charge >= 0.3 is 46.9 Å². The van der Waals surface area contributed by atoms with Crippen LogP contribution in [0.4, 0.5) is 64.7 Å². The molecule has 8 aromatic heterocycles. The van der Waals surface area contributed by atoms with Crippen LogP contribution in [-0.4, -0.2) is 148 Å². The number of hydrogen-bond acceptors (Lipinski definition) is 29. The molecule has 16 N–H and O–H groups in total. The molecule has 8 heterocycles. The molecule has 738 valence electrons. The van der Waals surface area contributed by atoms with E-state index in [1.54, 1.807) is 73.8 Å². The number of anilines is 8. The number of benzene rings is 8. The van der Waals surface area contributed by atoms with E-state index in [4.69, 9.17) is 46.4 Å². The van der Waals surface area contributed by atoms with Crippen molar-refractivity contribution in [1.82, 2.24) is 62.0 Å². The van der Waals surface area contributed by atoms with Crippen LogP contribution in [0, 0.1) is 5.92 Å². The monoisotopic (exact) mass is 2220 g/mol. The van der Waals surface area contributed by atoms with E-state index >= 15 is 0 Å². The predicted molar refractivity (Wildman–Crippen MR) is 560 cm³/mol. The van der Waals surface area contributed by atoms with Crippen molar-refractivity contribution in [2.75, 3.05) is 89.9 Å². The number of nitrogens with one attached hydrogen (secondary N) is 16. The number of rotatable bonds is 27. The largest absolute Gasteiger partial charge is 0.387 e. The van der Waals surface area contributed by atoms with Crippen LogP contribution in [0.1, 0.15) is 26.2 Å². The third-order valence-electron chi connectivity index (χ3n) is 20.4. The lowest BCUT2D eigenvalue weighted by Gasteiger charge is -2.12. The van der Waals surface area contributed by atoms with Crippen molar-refractivity contribution in [3.05, 3.63) is 317 Å². The molecule has 0 radical (unpaired) electrons. The van der Waals surface area contributed by atoms with Crippen molar-refractivity contribution in [1.29, 1.82) is 0 Å². The van der Waals surface area contributed by atoms with Crippen LogP contribution in [-0.2, 0) is 40.1 Å². The van der Waals surface area contributed by atoms with Crippen LogP contribution in [0.15, 0.2) is 272 Å². The molecule has 41 nitrogen and oxygen atoms in total. The number of nitrogens with zero attached hydrogens (tertiary/aromatic N) is 5. The zero-order valence-electron chi connectivity index (χ0n) is 73.8. The quantitative estimate of drug-likeness (QED) is 0.0227. The molecule has 16 aromatic rings. The van der Waals surface area contributed by atoms with Gasteiger partial charge in [0.1, 0.15) is 16.8 Å². The van der Waals surface area contributed by atoms with Crippen LogP contribution in [0.3, 0.4) is 0 Å². The Morgan fingerprint density at radius 3 is 0.894 bits per heavy atom. The smallest absolute Gasteiger partial charge is 0.333 e. The molecule has 1 saturated carbocycles. The number of likely N-dealkylation sites (N-methyl/N-ethyl adjacent to an activating group) is 1. The molecule has 8 amide bonds. The number of carbonyl (C=O) groups excluding carboxylic acids is 4. The lowest BCUT2D eigenvalue weighted by Crippen LogP contribution is -2.34. The second-order valence-corrected chi connectivity index (χ2v) is 46.2. The average molecular weight is 2230 g/mol. The number of hydrogen-bond donors (Lipinski definition) is 16. The van der Waals surface area contributed by atoms with E-state index in [1.165, 1.54) is 158 Å². The Labute approximate surface area is 847 Å². The van der Waals surface area contributed by atoms with Crippen LogP contribution >= 0.6 is 108 Å². The molecule has 8 aromatic carbocycles. The van der Waals surface area contributed by atoms with Crippen LogP contribution in [0.25, 0.3) is 66.4 Å².